The van der Waals surface area contributed by atoms with Crippen LogP contribution in [-0.2, 0) is 18.5 Å². The lowest BCUT2D eigenvalue weighted by Gasteiger charge is -2.14. The predicted octanol–water partition coefficient (Wildman–Crippen LogP) is 45.6. The molecule has 0 aliphatic heterocycles. The molecule has 0 amide bonds. The number of hydrogen-bond donors (Lipinski definition) is 0. The topological polar surface area (TPSA) is 22.3 Å². The first kappa shape index (κ1) is 139. The van der Waals surface area contributed by atoms with E-state index in [1.807, 2.05) is 197 Å². The second kappa shape index (κ2) is 75.5. The number of nitrogens with zero attached hydrogens (tertiary/aromatic N) is 3. The molecule has 27 heteroatoms. The van der Waals surface area contributed by atoms with Crippen molar-refractivity contribution >= 4 is 170 Å². The number of aryl methyl sites for hydroxylation is 6. The molecule has 12 aromatic carbocycles. The lowest BCUT2D eigenvalue weighted by Crippen LogP contribution is -2.07. The summed E-state index contributed by atoms with van der Waals surface area (Å²) in [6.07, 6.45) is -13.1. The molecule has 0 bridgehead atoms. The number of alkyl halides is 9. The number of hydrogen-bond acceptors (Lipinski definition) is 13. The highest BCUT2D eigenvalue weighted by Crippen LogP contribution is 2.44. The third-order valence-corrected chi connectivity index (χ3v) is 31.0. The summed E-state index contributed by atoms with van der Waals surface area (Å²) in [5.74, 6) is 0.774. The van der Waals surface area contributed by atoms with Crippen molar-refractivity contribution in [2.24, 2.45) is 0 Å². The fourth-order valence-electron chi connectivity index (χ4n) is 11.8. The highest BCUT2D eigenvalue weighted by atomic mass is 35.5. The second-order valence-electron chi connectivity index (χ2n) is 36.1. The maximum absolute atomic E-state index is 12.7. The Bertz CT molecular complexity index is 5730. The van der Waals surface area contributed by atoms with Gasteiger partial charge in [0.1, 0.15) is 11.6 Å². The molecule has 0 radical (unpaired) electrons. The van der Waals surface area contributed by atoms with Gasteiger partial charge in [-0.2, -0.15) is 39.5 Å². The van der Waals surface area contributed by atoms with Crippen molar-refractivity contribution in [2.75, 3.05) is 7.11 Å². The first-order valence-corrected chi connectivity index (χ1v) is 59.5. The molecule has 12 rings (SSSR count). The molecule has 0 aliphatic carbocycles. The molecule has 0 unspecified atom stereocenters. The molecule has 0 fully saturated rings. The molecular formula is C121H150ClF10N3OS12. The Balaban J connectivity index is 0.000000809. The Kier molecular flexibility index (Phi) is 70.7. The van der Waals surface area contributed by atoms with Crippen LogP contribution >= 0.6 is 153 Å². The molecule has 148 heavy (non-hydrogen) atoms. The quantitative estimate of drug-likeness (QED) is 0.0309. The van der Waals surface area contributed by atoms with Gasteiger partial charge in [-0.25, -0.2) is 18.9 Å². The lowest BCUT2D eigenvalue weighted by atomic mass is 10.2. The van der Waals surface area contributed by atoms with Crippen LogP contribution in [0.1, 0.15) is 216 Å². The van der Waals surface area contributed by atoms with Gasteiger partial charge < -0.3 is 4.74 Å². The van der Waals surface area contributed by atoms with Gasteiger partial charge in [0.15, 0.2) is 17.1 Å². The summed E-state index contributed by atoms with van der Waals surface area (Å²) in [7, 11) is 1.69. The highest BCUT2D eigenvalue weighted by molar-refractivity contribution is 8.02. The van der Waals surface area contributed by atoms with E-state index in [1.165, 1.54) is 132 Å². The SMILES string of the molecule is CC(C)Sc1cccc(F)c1.CC(C)Sc1ccccc1.CC(C)Sc1ccccc1C(F)(F)F.CC(C)Sc1ccccc1Cl.COc1cccc(SC(C)C)c1.Cc1ccc(C)c(SC(C)C)c1.Cc1cccc(C)c1SC(C)C.Cc1cccc(SC(C)C)c1.Cc1ccccc1SC(C)C.[C-]#[N+]c1ccc(SC(C)C)c(C(F)(F)F)c1.[C-]#[N+]c1ccc(SC(C)C)cc1.[C-]#[N+]c1ccc(SC(C)C)cc1C(F)(F)F. The van der Waals surface area contributed by atoms with Crippen molar-refractivity contribution in [3.8, 4) is 5.75 Å². The van der Waals surface area contributed by atoms with Gasteiger partial charge in [-0.15, -0.1) is 141 Å². The van der Waals surface area contributed by atoms with Crippen LogP contribution in [0.25, 0.3) is 14.5 Å². The zero-order valence-electron chi connectivity index (χ0n) is 91.2. The summed E-state index contributed by atoms with van der Waals surface area (Å²) in [6, 6.07) is 84.3. The van der Waals surface area contributed by atoms with Crippen molar-refractivity contribution in [3.63, 3.8) is 0 Å². The van der Waals surface area contributed by atoms with Gasteiger partial charge in [-0.3, -0.25) is 0 Å². The molecule has 0 saturated carbocycles. The minimum absolute atomic E-state index is 0.0143. The number of rotatable bonds is 25. The molecule has 0 N–H and O–H groups in total. The number of methoxy groups -OCH3 is 1. The second-order valence-corrected chi connectivity index (χ2v) is 56.1. The standard InChI is InChI=1S/2C11H10F3NS.2C11H16S.C10H11F3S.C10H11NS.C10H14OS.2C10H14S.C9H11ClS.C9H11FS.C9H12S/c1-7(2)16-8-4-5-10(15-3)9(6-8)11(12,13)14;1-7(2)16-10-5-4-8(15-3)6-9(10)11(12,13)14;1-8(2)12-11-7-9(3)5-6-10(11)4;1-8(2)12-11-9(3)6-5-7-10(11)4;1-7(2)14-9-6-4-3-5-8(9)10(11,12)13;1-8(2)12-10-6-4-9(11-3)5-7-10;1-8(2)12-10-6-4-5-9(7-10)11-3;1-8(2)11-10-6-4-5-9(3)7-10;1-8(2)11-10-7-5-4-6-9(10)3;1-7(2)11-9-6-4-3-5-8(9)10;1-7(2)11-9-5-3-4-8(10)6-9;1-8(2)10-9-6-4-3-5-7-9/h2*4-7H,1-2H3;2*5-8H,1-4H3;3-7H,1-2H3;4-8H,1-2H3;4-8H,1-3H3;2*4-8H,1-3H3;2*3-7H,1-2H3;3-8H,1-2H3. The van der Waals surface area contributed by atoms with Crippen LogP contribution in [0.2, 0.25) is 5.02 Å². The first-order valence-electron chi connectivity index (χ1n) is 48.6. The van der Waals surface area contributed by atoms with E-state index < -0.39 is 35.2 Å². The number of halogens is 11. The fraction of sp³-hybridized carbons (Fsp3) is 0.380. The zero-order valence-corrected chi connectivity index (χ0v) is 102. The highest BCUT2D eigenvalue weighted by Gasteiger charge is 2.36. The Labute approximate surface area is 938 Å². The summed E-state index contributed by atoms with van der Waals surface area (Å²) in [4.78, 5) is 21.9. The van der Waals surface area contributed by atoms with E-state index in [0.29, 0.717) is 62.7 Å². The molecule has 12 aromatic rings. The molecule has 4 nitrogen and oxygen atoms in total. The average molecular weight is 2270 g/mol. The van der Waals surface area contributed by atoms with Gasteiger partial charge in [-0.05, 0) is 173 Å². The predicted molar refractivity (Wildman–Crippen MR) is 643 cm³/mol. The largest absolute Gasteiger partial charge is 0.497 e. The van der Waals surface area contributed by atoms with Crippen LogP contribution in [0.15, 0.2) is 332 Å². The van der Waals surface area contributed by atoms with Crippen molar-refractivity contribution < 1.29 is 48.6 Å². The third kappa shape index (κ3) is 65.3. The van der Waals surface area contributed by atoms with E-state index in [-0.39, 0.29) is 37.8 Å². The van der Waals surface area contributed by atoms with Gasteiger partial charge in [-0.1, -0.05) is 353 Å². The molecule has 0 saturated heterocycles. The van der Waals surface area contributed by atoms with Gasteiger partial charge >= 0.3 is 18.5 Å². The van der Waals surface area contributed by atoms with E-state index in [2.05, 4.69) is 302 Å². The minimum atomic E-state index is -4.46. The van der Waals surface area contributed by atoms with Crippen LogP contribution in [0.4, 0.5) is 61.0 Å². The summed E-state index contributed by atoms with van der Waals surface area (Å²) in [5, 5.41) is 6.99. The minimum Gasteiger partial charge on any atom is -0.497 e. The summed E-state index contributed by atoms with van der Waals surface area (Å²) < 4.78 is 131. The first-order chi connectivity index (χ1) is 69.3. The molecule has 0 aromatic heterocycles. The van der Waals surface area contributed by atoms with Crippen molar-refractivity contribution in [3.05, 3.63) is 368 Å². The monoisotopic (exact) mass is 2270 g/mol. The molecule has 0 heterocycles. The van der Waals surface area contributed by atoms with E-state index in [0.717, 1.165) is 45.6 Å². The maximum atomic E-state index is 12.7. The van der Waals surface area contributed by atoms with Crippen LogP contribution < -0.4 is 4.74 Å². The maximum Gasteiger partial charge on any atom is 0.417 e. The van der Waals surface area contributed by atoms with Gasteiger partial charge in [0.2, 0.25) is 0 Å². The van der Waals surface area contributed by atoms with Gasteiger partial charge in [0.05, 0.1) is 48.5 Å². The van der Waals surface area contributed by atoms with Gasteiger partial charge in [0.25, 0.3) is 0 Å². The van der Waals surface area contributed by atoms with Crippen LogP contribution in [0.3, 0.4) is 0 Å². The van der Waals surface area contributed by atoms with Gasteiger partial charge in [0, 0.05) is 122 Å². The molecule has 0 aliphatic rings. The molecular weight excluding hydrogens is 2120 g/mol. The van der Waals surface area contributed by atoms with Crippen molar-refractivity contribution in [1.82, 2.24) is 0 Å². The normalized spacial score (nSPS) is 10.9. The van der Waals surface area contributed by atoms with E-state index in [1.54, 1.807) is 54.9 Å². The zero-order chi connectivity index (χ0) is 112. The Morgan fingerprint density at radius 2 is 0.588 bits per heavy atom. The van der Waals surface area contributed by atoms with E-state index in [4.69, 9.17) is 36.1 Å². The van der Waals surface area contributed by atoms with Crippen LogP contribution in [0.5, 0.6) is 5.75 Å². The Morgan fingerprint density at radius 3 is 1.03 bits per heavy atom. The fourth-order valence-corrected chi connectivity index (χ4v) is 23.1. The van der Waals surface area contributed by atoms with Crippen LogP contribution in [-0.4, -0.2) is 70.1 Å². The summed E-state index contributed by atoms with van der Waals surface area (Å²) in [5.41, 5.74) is 6.52. The summed E-state index contributed by atoms with van der Waals surface area (Å²) >= 11 is 26.4. The lowest BCUT2D eigenvalue weighted by molar-refractivity contribution is -0.140. The molecule has 0 spiro atoms. The average Bonchev–Trinajstić information content (AvgIpc) is 0.817. The molecule has 0 atom stereocenters. The smallest absolute Gasteiger partial charge is 0.417 e. The number of ether oxygens (including phenoxy) is 1. The van der Waals surface area contributed by atoms with Crippen molar-refractivity contribution in [1.29, 1.82) is 0 Å². The number of thioether (sulfide) groups is 12. The van der Waals surface area contributed by atoms with E-state index in [9.17, 15) is 43.9 Å². The van der Waals surface area contributed by atoms with Crippen molar-refractivity contribution in [2.45, 2.75) is 348 Å². The third-order valence-electron chi connectivity index (χ3n) is 17.6. The Morgan fingerprint density at radius 1 is 0.250 bits per heavy atom. The molecule has 804 valence electrons. The van der Waals surface area contributed by atoms with E-state index >= 15 is 0 Å². The summed E-state index contributed by atoms with van der Waals surface area (Å²) in [6.45, 7) is 83.7. The van der Waals surface area contributed by atoms with Crippen LogP contribution in [0, 0.1) is 67.1 Å². The number of benzene rings is 12. The Hall–Kier alpha value is -7.30.